The second kappa shape index (κ2) is 6.76. The number of nitrogens with one attached hydrogen (secondary N) is 2. The third-order valence-electron chi connectivity index (χ3n) is 3.52. The molecule has 2 N–H and O–H groups in total. The van der Waals surface area contributed by atoms with Gasteiger partial charge >= 0.3 is 12.0 Å². The average molecular weight is 315 g/mol. The Kier molecular flexibility index (Phi) is 5.01. The summed E-state index contributed by atoms with van der Waals surface area (Å²) in [6.45, 7) is 0. The number of halogens is 2. The summed E-state index contributed by atoms with van der Waals surface area (Å²) in [5.74, 6) is -1.13. The van der Waals surface area contributed by atoms with Gasteiger partial charge in [-0.15, -0.1) is 0 Å². The number of urea groups is 1. The fourth-order valence-corrected chi connectivity index (χ4v) is 2.70. The van der Waals surface area contributed by atoms with Crippen molar-refractivity contribution in [2.24, 2.45) is 5.92 Å². The van der Waals surface area contributed by atoms with Gasteiger partial charge in [-0.3, -0.25) is 4.79 Å². The van der Waals surface area contributed by atoms with Gasteiger partial charge in [0.15, 0.2) is 0 Å². The van der Waals surface area contributed by atoms with Gasteiger partial charge in [-0.1, -0.05) is 18.0 Å². The Hall–Kier alpha value is -1.82. The second-order valence-corrected chi connectivity index (χ2v) is 5.30. The number of rotatable bonds is 3. The molecule has 0 heterocycles. The van der Waals surface area contributed by atoms with Gasteiger partial charge in [0.1, 0.15) is 5.82 Å². The zero-order valence-corrected chi connectivity index (χ0v) is 12.2. The number of amides is 2. The van der Waals surface area contributed by atoms with Gasteiger partial charge in [0.2, 0.25) is 0 Å². The van der Waals surface area contributed by atoms with Gasteiger partial charge in [-0.2, -0.15) is 0 Å². The van der Waals surface area contributed by atoms with Gasteiger partial charge < -0.3 is 15.4 Å². The van der Waals surface area contributed by atoms with Gasteiger partial charge in [0.05, 0.1) is 23.7 Å². The molecule has 114 valence electrons. The van der Waals surface area contributed by atoms with E-state index < -0.39 is 11.8 Å². The molecule has 1 aliphatic carbocycles. The number of anilines is 1. The number of carbonyl (C=O) groups is 2. The van der Waals surface area contributed by atoms with E-state index >= 15 is 0 Å². The predicted octanol–water partition coefficient (Wildman–Crippen LogP) is 2.94. The SMILES string of the molecule is COC(=O)[C@@H]1CCC[C@@H]1NC(=O)Nc1ccc(F)cc1Cl. The number of benzene rings is 1. The summed E-state index contributed by atoms with van der Waals surface area (Å²) in [7, 11) is 1.33. The molecule has 1 saturated carbocycles. The van der Waals surface area contributed by atoms with Gasteiger partial charge in [0, 0.05) is 6.04 Å². The second-order valence-electron chi connectivity index (χ2n) is 4.89. The van der Waals surface area contributed by atoms with E-state index in [1.54, 1.807) is 0 Å². The molecule has 0 aliphatic heterocycles. The maximum Gasteiger partial charge on any atom is 0.319 e. The first-order chi connectivity index (χ1) is 10.0. The minimum atomic E-state index is -0.482. The summed E-state index contributed by atoms with van der Waals surface area (Å²) in [6.07, 6.45) is 2.25. The Bertz CT molecular complexity index is 553. The van der Waals surface area contributed by atoms with Crippen LogP contribution in [0.15, 0.2) is 18.2 Å². The van der Waals surface area contributed by atoms with Gasteiger partial charge in [-0.05, 0) is 31.0 Å². The van der Waals surface area contributed by atoms with Crippen molar-refractivity contribution < 1.29 is 18.7 Å². The number of esters is 1. The maximum absolute atomic E-state index is 12.9. The largest absolute Gasteiger partial charge is 0.469 e. The lowest BCUT2D eigenvalue weighted by Gasteiger charge is -2.19. The summed E-state index contributed by atoms with van der Waals surface area (Å²) in [5.41, 5.74) is 0.309. The highest BCUT2D eigenvalue weighted by Gasteiger charge is 2.34. The van der Waals surface area contributed by atoms with Crippen LogP contribution in [0.25, 0.3) is 0 Å². The van der Waals surface area contributed by atoms with Crippen molar-refractivity contribution in [2.45, 2.75) is 25.3 Å². The molecule has 0 unspecified atom stereocenters. The highest BCUT2D eigenvalue weighted by Crippen LogP contribution is 2.27. The Balaban J connectivity index is 1.96. The number of hydrogen-bond acceptors (Lipinski definition) is 3. The standard InChI is InChI=1S/C14H16ClFN2O3/c1-21-13(19)9-3-2-4-11(9)17-14(20)18-12-6-5-8(16)7-10(12)15/h5-7,9,11H,2-4H2,1H3,(H2,17,18,20)/t9-,11+/m1/s1. The minimum absolute atomic E-state index is 0.112. The highest BCUT2D eigenvalue weighted by molar-refractivity contribution is 6.33. The first-order valence-electron chi connectivity index (χ1n) is 6.61. The summed E-state index contributed by atoms with van der Waals surface area (Å²) in [5, 5.41) is 5.38. The molecule has 21 heavy (non-hydrogen) atoms. The van der Waals surface area contributed by atoms with Crippen molar-refractivity contribution in [2.75, 3.05) is 12.4 Å². The first kappa shape index (κ1) is 15.6. The smallest absolute Gasteiger partial charge is 0.319 e. The molecule has 0 radical (unpaired) electrons. The fraction of sp³-hybridized carbons (Fsp3) is 0.429. The van der Waals surface area contributed by atoms with E-state index in [9.17, 15) is 14.0 Å². The molecule has 0 aromatic heterocycles. The van der Waals surface area contributed by atoms with E-state index in [0.29, 0.717) is 18.5 Å². The van der Waals surface area contributed by atoms with Crippen LogP contribution in [0.2, 0.25) is 5.02 Å². The van der Waals surface area contributed by atoms with E-state index in [2.05, 4.69) is 10.6 Å². The van der Waals surface area contributed by atoms with Crippen LogP contribution >= 0.6 is 11.6 Å². The van der Waals surface area contributed by atoms with Crippen LogP contribution in [0.3, 0.4) is 0 Å². The molecule has 0 bridgehead atoms. The molecule has 2 amide bonds. The molecule has 0 spiro atoms. The van der Waals surface area contributed by atoms with Crippen LogP contribution < -0.4 is 10.6 Å². The minimum Gasteiger partial charge on any atom is -0.469 e. The highest BCUT2D eigenvalue weighted by atomic mass is 35.5. The van der Waals surface area contributed by atoms with E-state index in [4.69, 9.17) is 16.3 Å². The molecular weight excluding hydrogens is 299 g/mol. The molecule has 7 heteroatoms. The number of carbonyl (C=O) groups excluding carboxylic acids is 2. The molecule has 2 rings (SSSR count). The van der Waals surface area contributed by atoms with Crippen molar-refractivity contribution >= 4 is 29.3 Å². The summed E-state index contributed by atoms with van der Waals surface area (Å²) in [6, 6.07) is 2.95. The Morgan fingerprint density at radius 3 is 2.81 bits per heavy atom. The van der Waals surface area contributed by atoms with Crippen molar-refractivity contribution in [1.29, 1.82) is 0 Å². The Morgan fingerprint density at radius 1 is 1.38 bits per heavy atom. The fourth-order valence-electron chi connectivity index (χ4n) is 2.48. The third kappa shape index (κ3) is 3.85. The predicted molar refractivity (Wildman–Crippen MR) is 76.7 cm³/mol. The number of hydrogen-bond donors (Lipinski definition) is 2. The average Bonchev–Trinajstić information content (AvgIpc) is 2.89. The van der Waals surface area contributed by atoms with Crippen LogP contribution in [-0.4, -0.2) is 25.2 Å². The zero-order chi connectivity index (χ0) is 15.4. The molecule has 5 nitrogen and oxygen atoms in total. The maximum atomic E-state index is 12.9. The topological polar surface area (TPSA) is 67.4 Å². The monoisotopic (exact) mass is 314 g/mol. The molecule has 1 fully saturated rings. The van der Waals surface area contributed by atoms with E-state index in [1.165, 1.54) is 19.2 Å². The van der Waals surface area contributed by atoms with Crippen LogP contribution in [0.5, 0.6) is 0 Å². The molecule has 1 aliphatic rings. The summed E-state index contributed by atoms with van der Waals surface area (Å²) >= 11 is 5.84. The lowest BCUT2D eigenvalue weighted by molar-refractivity contribution is -0.145. The molecule has 2 atom stereocenters. The number of ether oxygens (including phenoxy) is 1. The van der Waals surface area contributed by atoms with Crippen molar-refractivity contribution in [1.82, 2.24) is 5.32 Å². The van der Waals surface area contributed by atoms with Crippen LogP contribution in [0.1, 0.15) is 19.3 Å². The molecule has 1 aromatic rings. The normalized spacial score (nSPS) is 20.9. The van der Waals surface area contributed by atoms with E-state index in [1.807, 2.05) is 0 Å². The van der Waals surface area contributed by atoms with Crippen LogP contribution in [0.4, 0.5) is 14.9 Å². The van der Waals surface area contributed by atoms with Crippen molar-refractivity contribution in [3.8, 4) is 0 Å². The van der Waals surface area contributed by atoms with Gasteiger partial charge in [0.25, 0.3) is 0 Å². The molecular formula is C14H16ClFN2O3. The Morgan fingerprint density at radius 2 is 2.14 bits per heavy atom. The lowest BCUT2D eigenvalue weighted by atomic mass is 10.0. The van der Waals surface area contributed by atoms with Crippen molar-refractivity contribution in [3.63, 3.8) is 0 Å². The molecule has 0 saturated heterocycles. The van der Waals surface area contributed by atoms with E-state index in [-0.39, 0.29) is 23.0 Å². The zero-order valence-electron chi connectivity index (χ0n) is 11.5. The van der Waals surface area contributed by atoms with Crippen LogP contribution in [0, 0.1) is 11.7 Å². The summed E-state index contributed by atoms with van der Waals surface area (Å²) in [4.78, 5) is 23.5. The summed E-state index contributed by atoms with van der Waals surface area (Å²) < 4.78 is 17.7. The molecule has 1 aromatic carbocycles. The number of methoxy groups -OCH3 is 1. The first-order valence-corrected chi connectivity index (χ1v) is 6.99. The Labute approximate surface area is 126 Å². The van der Waals surface area contributed by atoms with Gasteiger partial charge in [-0.25, -0.2) is 9.18 Å². The van der Waals surface area contributed by atoms with E-state index in [0.717, 1.165) is 12.5 Å². The van der Waals surface area contributed by atoms with Crippen molar-refractivity contribution in [3.05, 3.63) is 29.0 Å². The van der Waals surface area contributed by atoms with Crippen LogP contribution in [-0.2, 0) is 9.53 Å². The lowest BCUT2D eigenvalue weighted by Crippen LogP contribution is -2.42. The quantitative estimate of drug-likeness (QED) is 0.843. The third-order valence-corrected chi connectivity index (χ3v) is 3.83.